The molecule has 1 unspecified atom stereocenters. The number of thioether (sulfide) groups is 1. The van der Waals surface area contributed by atoms with Crippen molar-refractivity contribution in [3.63, 3.8) is 0 Å². The van der Waals surface area contributed by atoms with Gasteiger partial charge in [-0.2, -0.15) is 0 Å². The van der Waals surface area contributed by atoms with E-state index in [-0.39, 0.29) is 18.4 Å². The summed E-state index contributed by atoms with van der Waals surface area (Å²) in [7, 11) is 1.71. The highest BCUT2D eigenvalue weighted by Gasteiger charge is 2.19. The van der Waals surface area contributed by atoms with E-state index in [0.717, 1.165) is 65.8 Å². The zero-order valence-electron chi connectivity index (χ0n) is 23.8. The SMILES string of the molecule is CCN(Cc1ccccc1OC)CC(CNC(=O)COc1ccc(C2=NCCS2)cc1)Cc1c[nH]c2ccccc12. The van der Waals surface area contributed by atoms with Gasteiger partial charge in [-0.15, -0.1) is 11.8 Å². The molecule has 1 amide bonds. The van der Waals surface area contributed by atoms with Gasteiger partial charge in [0, 0.05) is 60.2 Å². The highest BCUT2D eigenvalue weighted by Crippen LogP contribution is 2.24. The number of methoxy groups -OCH3 is 1. The maximum absolute atomic E-state index is 12.8. The first-order chi connectivity index (χ1) is 20.1. The Labute approximate surface area is 246 Å². The first-order valence-corrected chi connectivity index (χ1v) is 15.2. The van der Waals surface area contributed by atoms with Crippen molar-refractivity contribution in [2.75, 3.05) is 45.6 Å². The predicted octanol–water partition coefficient (Wildman–Crippen LogP) is 5.55. The minimum absolute atomic E-state index is 0.0203. The summed E-state index contributed by atoms with van der Waals surface area (Å²) in [6.07, 6.45) is 2.94. The van der Waals surface area contributed by atoms with Crippen molar-refractivity contribution in [1.29, 1.82) is 0 Å². The van der Waals surface area contributed by atoms with Crippen LogP contribution in [0.4, 0.5) is 0 Å². The molecule has 4 aromatic rings. The van der Waals surface area contributed by atoms with E-state index in [0.29, 0.717) is 12.3 Å². The molecule has 0 bridgehead atoms. The number of amides is 1. The number of carbonyl (C=O) groups is 1. The Morgan fingerprint density at radius 2 is 1.88 bits per heavy atom. The highest BCUT2D eigenvalue weighted by molar-refractivity contribution is 8.14. The number of ether oxygens (including phenoxy) is 2. The third-order valence-corrected chi connectivity index (χ3v) is 8.40. The highest BCUT2D eigenvalue weighted by atomic mass is 32.2. The lowest BCUT2D eigenvalue weighted by molar-refractivity contribution is -0.123. The molecule has 1 aromatic heterocycles. The van der Waals surface area contributed by atoms with Crippen LogP contribution in [0.3, 0.4) is 0 Å². The van der Waals surface area contributed by atoms with Gasteiger partial charge in [-0.1, -0.05) is 43.3 Å². The standard InChI is InChI=1S/C33H38N4O3S/c1-3-37(22-26-8-4-7-11-31(26)39-2)21-24(18-27-20-35-30-10-6-5-9-29(27)30)19-36-32(38)23-40-28-14-12-25(13-15-28)33-34-16-17-41-33/h4-15,20,24,35H,3,16-19,21-23H2,1-2H3,(H,36,38). The van der Waals surface area contributed by atoms with Gasteiger partial charge in [0.1, 0.15) is 11.5 Å². The van der Waals surface area contributed by atoms with Crippen LogP contribution in [-0.2, 0) is 17.8 Å². The number of H-pyrrole nitrogens is 1. The molecule has 0 fully saturated rings. The van der Waals surface area contributed by atoms with E-state index in [1.54, 1.807) is 18.9 Å². The Hall–Kier alpha value is -3.75. The first-order valence-electron chi connectivity index (χ1n) is 14.2. The molecule has 1 aliphatic heterocycles. The topological polar surface area (TPSA) is 78.9 Å². The second-order valence-electron chi connectivity index (χ2n) is 10.2. The van der Waals surface area contributed by atoms with Crippen molar-refractivity contribution in [1.82, 2.24) is 15.2 Å². The number of rotatable bonds is 14. The zero-order valence-corrected chi connectivity index (χ0v) is 24.6. The lowest BCUT2D eigenvalue weighted by Crippen LogP contribution is -2.39. The van der Waals surface area contributed by atoms with Gasteiger partial charge in [0.2, 0.25) is 0 Å². The molecule has 0 saturated carbocycles. The molecule has 0 aliphatic carbocycles. The number of nitrogens with one attached hydrogen (secondary N) is 2. The normalized spacial score (nSPS) is 13.8. The quantitative estimate of drug-likeness (QED) is 0.208. The van der Waals surface area contributed by atoms with Gasteiger partial charge in [-0.25, -0.2) is 0 Å². The van der Waals surface area contributed by atoms with E-state index in [9.17, 15) is 4.79 Å². The van der Waals surface area contributed by atoms with Crippen molar-refractivity contribution in [2.45, 2.75) is 19.9 Å². The van der Waals surface area contributed by atoms with Gasteiger partial charge in [0.15, 0.2) is 6.61 Å². The summed E-state index contributed by atoms with van der Waals surface area (Å²) in [5.74, 6) is 2.69. The molecular formula is C33H38N4O3S. The monoisotopic (exact) mass is 570 g/mol. The van der Waals surface area contributed by atoms with Crippen LogP contribution in [0.5, 0.6) is 11.5 Å². The van der Waals surface area contributed by atoms with Crippen LogP contribution in [0.2, 0.25) is 0 Å². The number of fused-ring (bicyclic) bond motifs is 1. The number of aromatic amines is 1. The number of para-hydroxylation sites is 2. The average molecular weight is 571 g/mol. The fourth-order valence-corrected chi connectivity index (χ4v) is 6.08. The molecule has 2 N–H and O–H groups in total. The molecule has 41 heavy (non-hydrogen) atoms. The predicted molar refractivity (Wildman–Crippen MR) is 168 cm³/mol. The minimum Gasteiger partial charge on any atom is -0.496 e. The molecule has 0 saturated heterocycles. The van der Waals surface area contributed by atoms with Crippen molar-refractivity contribution >= 4 is 33.6 Å². The number of hydrogen-bond donors (Lipinski definition) is 2. The van der Waals surface area contributed by atoms with Gasteiger partial charge in [0.05, 0.1) is 12.2 Å². The third-order valence-electron chi connectivity index (χ3n) is 7.38. The summed E-state index contributed by atoms with van der Waals surface area (Å²) in [6.45, 7) is 6.08. The smallest absolute Gasteiger partial charge is 0.257 e. The molecule has 214 valence electrons. The second kappa shape index (κ2) is 14.2. The molecule has 8 heteroatoms. The molecule has 0 radical (unpaired) electrons. The van der Waals surface area contributed by atoms with Crippen LogP contribution in [0.25, 0.3) is 10.9 Å². The Kier molecular flexibility index (Phi) is 9.99. The number of nitrogens with zero attached hydrogens (tertiary/aromatic N) is 2. The van der Waals surface area contributed by atoms with Crippen LogP contribution in [0.1, 0.15) is 23.6 Å². The van der Waals surface area contributed by atoms with E-state index < -0.39 is 0 Å². The summed E-state index contributed by atoms with van der Waals surface area (Å²) in [4.78, 5) is 23.2. The van der Waals surface area contributed by atoms with Gasteiger partial charge >= 0.3 is 0 Å². The van der Waals surface area contributed by atoms with Gasteiger partial charge in [0.25, 0.3) is 5.91 Å². The molecule has 1 atom stereocenters. The Morgan fingerprint density at radius 1 is 1.07 bits per heavy atom. The Balaban J connectivity index is 1.21. The molecule has 2 heterocycles. The summed E-state index contributed by atoms with van der Waals surface area (Å²) < 4.78 is 11.4. The summed E-state index contributed by atoms with van der Waals surface area (Å²) in [5, 5.41) is 5.44. The summed E-state index contributed by atoms with van der Waals surface area (Å²) in [5.41, 5.74) is 4.64. The van der Waals surface area contributed by atoms with Gasteiger partial charge in [-0.05, 0) is 60.8 Å². The number of hydrogen-bond acceptors (Lipinski definition) is 6. The Bertz CT molecular complexity index is 1470. The largest absolute Gasteiger partial charge is 0.496 e. The lowest BCUT2D eigenvalue weighted by atomic mass is 9.97. The van der Waals surface area contributed by atoms with Gasteiger partial charge < -0.3 is 19.8 Å². The van der Waals surface area contributed by atoms with E-state index in [1.165, 1.54) is 10.9 Å². The first kappa shape index (κ1) is 28.8. The Morgan fingerprint density at radius 3 is 2.66 bits per heavy atom. The molecule has 5 rings (SSSR count). The number of carbonyl (C=O) groups excluding carboxylic acids is 1. The van der Waals surface area contributed by atoms with Crippen LogP contribution < -0.4 is 14.8 Å². The van der Waals surface area contributed by atoms with E-state index in [1.807, 2.05) is 48.5 Å². The van der Waals surface area contributed by atoms with Crippen LogP contribution >= 0.6 is 11.8 Å². The fourth-order valence-electron chi connectivity index (χ4n) is 5.22. The van der Waals surface area contributed by atoms with Crippen LogP contribution in [0.15, 0.2) is 84.0 Å². The maximum atomic E-state index is 12.8. The van der Waals surface area contributed by atoms with Gasteiger partial charge in [-0.3, -0.25) is 14.7 Å². The minimum atomic E-state index is -0.124. The maximum Gasteiger partial charge on any atom is 0.257 e. The molecule has 0 spiro atoms. The van der Waals surface area contributed by atoms with Crippen molar-refractivity contribution in [3.05, 3.63) is 95.7 Å². The molecule has 1 aliphatic rings. The van der Waals surface area contributed by atoms with Crippen molar-refractivity contribution in [2.24, 2.45) is 10.9 Å². The second-order valence-corrected chi connectivity index (χ2v) is 11.3. The lowest BCUT2D eigenvalue weighted by Gasteiger charge is -2.27. The summed E-state index contributed by atoms with van der Waals surface area (Å²) in [6, 6.07) is 24.3. The van der Waals surface area contributed by atoms with Crippen LogP contribution in [0, 0.1) is 5.92 Å². The van der Waals surface area contributed by atoms with Crippen molar-refractivity contribution < 1.29 is 14.3 Å². The van der Waals surface area contributed by atoms with E-state index >= 15 is 0 Å². The number of aliphatic imine (C=N–C) groups is 1. The molecule has 3 aromatic carbocycles. The number of benzene rings is 3. The van der Waals surface area contributed by atoms with E-state index in [2.05, 4.69) is 57.6 Å². The summed E-state index contributed by atoms with van der Waals surface area (Å²) >= 11 is 1.77. The average Bonchev–Trinajstić information content (AvgIpc) is 3.70. The molecular weight excluding hydrogens is 532 g/mol. The number of aromatic nitrogens is 1. The fraction of sp³-hybridized carbons (Fsp3) is 0.333. The molecule has 7 nitrogen and oxygen atoms in total. The van der Waals surface area contributed by atoms with Crippen LogP contribution in [-0.4, -0.2) is 66.5 Å². The van der Waals surface area contributed by atoms with Crippen molar-refractivity contribution in [3.8, 4) is 11.5 Å². The third kappa shape index (κ3) is 7.71. The van der Waals surface area contributed by atoms with E-state index in [4.69, 9.17) is 9.47 Å². The zero-order chi connectivity index (χ0) is 28.4.